The molecule has 7 nitrogen and oxygen atoms in total. The third-order valence-corrected chi connectivity index (χ3v) is 4.49. The maximum absolute atomic E-state index is 11.9. The summed E-state index contributed by atoms with van der Waals surface area (Å²) in [4.78, 5) is 11.0. The average Bonchev–Trinajstić information content (AvgIpc) is 2.80. The number of rotatable bonds is 3. The first kappa shape index (κ1) is 15.9. The number of nitrogens with zero attached hydrogens (tertiary/aromatic N) is 2. The average molecular weight is 343 g/mol. The largest absolute Gasteiger partial charge is 0.427 e. The Morgan fingerprint density at radius 3 is 2.58 bits per heavy atom. The van der Waals surface area contributed by atoms with Gasteiger partial charge in [-0.05, 0) is 42.0 Å². The van der Waals surface area contributed by atoms with Crippen molar-refractivity contribution in [1.82, 2.24) is 5.43 Å². The lowest BCUT2D eigenvalue weighted by Crippen LogP contribution is -2.17. The van der Waals surface area contributed by atoms with Crippen LogP contribution in [-0.4, -0.2) is 26.4 Å². The number of sulfonamides is 1. The molecule has 0 fully saturated rings. The number of esters is 1. The van der Waals surface area contributed by atoms with E-state index in [1.165, 1.54) is 19.2 Å². The summed E-state index contributed by atoms with van der Waals surface area (Å²) in [7, 11) is -3.66. The summed E-state index contributed by atoms with van der Waals surface area (Å²) in [5.74, 6) is 0.225. The Kier molecular flexibility index (Phi) is 4.13. The first-order chi connectivity index (χ1) is 11.5. The van der Waals surface area contributed by atoms with Crippen molar-refractivity contribution >= 4 is 28.0 Å². The third-order valence-electron chi connectivity index (χ3n) is 3.16. The highest BCUT2D eigenvalue weighted by Crippen LogP contribution is 2.24. The van der Waals surface area contributed by atoms with E-state index in [0.717, 1.165) is 5.56 Å². The van der Waals surface area contributed by atoms with Crippen LogP contribution < -0.4 is 10.2 Å². The van der Waals surface area contributed by atoms with Gasteiger partial charge in [0.05, 0.1) is 6.21 Å². The van der Waals surface area contributed by atoms with Gasteiger partial charge in [-0.3, -0.25) is 10.2 Å². The lowest BCUT2D eigenvalue weighted by molar-refractivity contribution is -0.131. The second-order valence-electron chi connectivity index (χ2n) is 4.94. The number of hydrazone groups is 1. The Hall–Kier alpha value is -3.00. The molecule has 1 heterocycles. The van der Waals surface area contributed by atoms with Crippen LogP contribution in [0.4, 0.5) is 0 Å². The van der Waals surface area contributed by atoms with E-state index in [0.29, 0.717) is 11.3 Å². The first-order valence-corrected chi connectivity index (χ1v) is 8.42. The van der Waals surface area contributed by atoms with Gasteiger partial charge >= 0.3 is 5.97 Å². The zero-order chi connectivity index (χ0) is 17.2. The summed E-state index contributed by atoms with van der Waals surface area (Å²) in [6, 6.07) is 13.2. The number of hydrogen-bond donors (Lipinski definition) is 1. The molecule has 2 aromatic carbocycles. The third kappa shape index (κ3) is 3.33. The normalized spacial score (nSPS) is 15.0. The molecular weight excluding hydrogens is 330 g/mol. The van der Waals surface area contributed by atoms with Crippen molar-refractivity contribution in [1.29, 1.82) is 0 Å². The SMILES string of the molecule is CC(=O)Oc1ccc(/C=N\NC2=NS(=O)(=O)c3ccccc32)cc1. The molecule has 0 aromatic heterocycles. The van der Waals surface area contributed by atoms with E-state index in [9.17, 15) is 13.2 Å². The molecule has 0 spiro atoms. The monoisotopic (exact) mass is 343 g/mol. The van der Waals surface area contributed by atoms with Crippen LogP contribution >= 0.6 is 0 Å². The van der Waals surface area contributed by atoms with Crippen LogP contribution in [0, 0.1) is 0 Å². The van der Waals surface area contributed by atoms with Crippen molar-refractivity contribution in [2.24, 2.45) is 9.50 Å². The zero-order valence-corrected chi connectivity index (χ0v) is 13.4. The second kappa shape index (κ2) is 6.25. The number of carbonyl (C=O) groups excluding carboxylic acids is 1. The molecule has 2 aromatic rings. The number of hydrogen-bond acceptors (Lipinski definition) is 6. The van der Waals surface area contributed by atoms with E-state index >= 15 is 0 Å². The van der Waals surface area contributed by atoms with Gasteiger partial charge in [0.15, 0.2) is 5.84 Å². The predicted octanol–water partition coefficient (Wildman–Crippen LogP) is 1.68. The van der Waals surface area contributed by atoms with E-state index in [1.54, 1.807) is 42.5 Å². The Balaban J connectivity index is 1.72. The fourth-order valence-electron chi connectivity index (χ4n) is 2.14. The molecule has 24 heavy (non-hydrogen) atoms. The van der Waals surface area contributed by atoms with Crippen LogP contribution in [0.25, 0.3) is 0 Å². The maximum Gasteiger partial charge on any atom is 0.308 e. The molecule has 0 saturated carbocycles. The van der Waals surface area contributed by atoms with Gasteiger partial charge < -0.3 is 4.74 Å². The molecule has 0 unspecified atom stereocenters. The minimum absolute atomic E-state index is 0.161. The maximum atomic E-state index is 11.9. The molecule has 0 bridgehead atoms. The summed E-state index contributed by atoms with van der Waals surface area (Å²) in [5.41, 5.74) is 3.87. The van der Waals surface area contributed by atoms with Crippen molar-refractivity contribution in [3.8, 4) is 5.75 Å². The van der Waals surface area contributed by atoms with Gasteiger partial charge in [0.1, 0.15) is 10.6 Å². The molecule has 0 amide bonds. The van der Waals surface area contributed by atoms with Crippen LogP contribution in [-0.2, 0) is 14.8 Å². The molecule has 0 radical (unpaired) electrons. The highest BCUT2D eigenvalue weighted by atomic mass is 32.2. The lowest BCUT2D eigenvalue weighted by atomic mass is 10.2. The fraction of sp³-hybridized carbons (Fsp3) is 0.0625. The molecular formula is C16H13N3O4S. The van der Waals surface area contributed by atoms with Gasteiger partial charge in [0, 0.05) is 12.5 Å². The topological polar surface area (TPSA) is 97.2 Å². The standard InChI is InChI=1S/C16H13N3O4S/c1-11(20)23-13-8-6-12(7-9-13)10-17-18-16-14-4-2-3-5-15(14)24(21,22)19-16/h2-10H,1H3,(H,18,19)/b17-10-. The summed E-state index contributed by atoms with van der Waals surface area (Å²) in [6.07, 6.45) is 1.51. The van der Waals surface area contributed by atoms with Gasteiger partial charge in [0.25, 0.3) is 10.0 Å². The number of ether oxygens (including phenoxy) is 1. The summed E-state index contributed by atoms with van der Waals surface area (Å²) in [5, 5.41) is 4.00. The molecule has 0 aliphatic carbocycles. The number of carbonyl (C=O) groups is 1. The molecule has 1 aliphatic heterocycles. The Bertz CT molecular complexity index is 948. The zero-order valence-electron chi connectivity index (χ0n) is 12.6. The lowest BCUT2D eigenvalue weighted by Gasteiger charge is -2.02. The quantitative estimate of drug-likeness (QED) is 0.396. The summed E-state index contributed by atoms with van der Waals surface area (Å²) in [6.45, 7) is 1.33. The van der Waals surface area contributed by atoms with Crippen molar-refractivity contribution < 1.29 is 17.9 Å². The Morgan fingerprint density at radius 1 is 1.17 bits per heavy atom. The first-order valence-electron chi connectivity index (χ1n) is 6.98. The van der Waals surface area contributed by atoms with Crippen molar-refractivity contribution in [2.45, 2.75) is 11.8 Å². The molecule has 1 aliphatic rings. The molecule has 0 atom stereocenters. The number of nitrogens with one attached hydrogen (secondary N) is 1. The summed E-state index contributed by atoms with van der Waals surface area (Å²) >= 11 is 0. The van der Waals surface area contributed by atoms with Gasteiger partial charge in [-0.15, -0.1) is 4.40 Å². The van der Waals surface area contributed by atoms with Gasteiger partial charge in [-0.25, -0.2) is 0 Å². The van der Waals surface area contributed by atoms with Crippen LogP contribution in [0.5, 0.6) is 5.75 Å². The van der Waals surface area contributed by atoms with Crippen LogP contribution in [0.15, 0.2) is 62.9 Å². The van der Waals surface area contributed by atoms with Crippen molar-refractivity contribution in [3.05, 3.63) is 59.7 Å². The molecule has 3 rings (SSSR count). The van der Waals surface area contributed by atoms with E-state index in [1.807, 2.05) is 0 Å². The van der Waals surface area contributed by atoms with Crippen LogP contribution in [0.3, 0.4) is 0 Å². The van der Waals surface area contributed by atoms with Crippen LogP contribution in [0.2, 0.25) is 0 Å². The van der Waals surface area contributed by atoms with Gasteiger partial charge in [0.2, 0.25) is 0 Å². The summed E-state index contributed by atoms with van der Waals surface area (Å²) < 4.78 is 32.4. The van der Waals surface area contributed by atoms with Gasteiger partial charge in [-0.1, -0.05) is 12.1 Å². The van der Waals surface area contributed by atoms with Crippen molar-refractivity contribution in [2.75, 3.05) is 0 Å². The highest BCUT2D eigenvalue weighted by Gasteiger charge is 2.28. The second-order valence-corrected chi connectivity index (χ2v) is 6.52. The molecule has 8 heteroatoms. The fourth-order valence-corrected chi connectivity index (χ4v) is 3.31. The molecule has 0 saturated heterocycles. The smallest absolute Gasteiger partial charge is 0.308 e. The van der Waals surface area contributed by atoms with Gasteiger partial charge in [-0.2, -0.15) is 13.5 Å². The minimum atomic E-state index is -3.66. The van der Waals surface area contributed by atoms with Crippen molar-refractivity contribution in [3.63, 3.8) is 0 Å². The minimum Gasteiger partial charge on any atom is -0.427 e. The van der Waals surface area contributed by atoms with E-state index in [2.05, 4.69) is 14.9 Å². The number of benzene rings is 2. The molecule has 1 N–H and O–H groups in total. The Labute approximate surface area is 138 Å². The molecule has 122 valence electrons. The number of fused-ring (bicyclic) bond motifs is 1. The highest BCUT2D eigenvalue weighted by molar-refractivity contribution is 7.90. The van der Waals surface area contributed by atoms with Crippen LogP contribution in [0.1, 0.15) is 18.1 Å². The van der Waals surface area contributed by atoms with E-state index < -0.39 is 16.0 Å². The Morgan fingerprint density at radius 2 is 1.88 bits per heavy atom. The predicted molar refractivity (Wildman–Crippen MR) is 88.6 cm³/mol. The van der Waals surface area contributed by atoms with E-state index in [4.69, 9.17) is 4.74 Å². The van der Waals surface area contributed by atoms with E-state index in [-0.39, 0.29) is 10.7 Å². The number of amidine groups is 1.